The molecule has 0 fully saturated rings. The van der Waals surface area contributed by atoms with Crippen LogP contribution in [0.3, 0.4) is 0 Å². The Labute approximate surface area is 128 Å². The van der Waals surface area contributed by atoms with Gasteiger partial charge in [0.25, 0.3) is 5.91 Å². The maximum absolute atomic E-state index is 12.0. The zero-order valence-corrected chi connectivity index (χ0v) is 13.8. The van der Waals surface area contributed by atoms with Crippen LogP contribution in [-0.2, 0) is 23.0 Å². The van der Waals surface area contributed by atoms with Crippen molar-refractivity contribution < 1.29 is 9.35 Å². The van der Waals surface area contributed by atoms with Gasteiger partial charge in [-0.05, 0) is 45.7 Å². The summed E-state index contributed by atoms with van der Waals surface area (Å²) in [6.45, 7) is 4.27. The third-order valence-electron chi connectivity index (χ3n) is 3.60. The van der Waals surface area contributed by atoms with Gasteiger partial charge in [-0.3, -0.25) is 4.79 Å². The van der Waals surface area contributed by atoms with Crippen LogP contribution in [0.5, 0.6) is 0 Å². The lowest BCUT2D eigenvalue weighted by molar-refractivity contribution is 0.100. The minimum atomic E-state index is -1.14. The first kappa shape index (κ1) is 14.1. The molecule has 0 radical (unpaired) electrons. The van der Waals surface area contributed by atoms with Gasteiger partial charge >= 0.3 is 0 Å². The quantitative estimate of drug-likeness (QED) is 0.861. The maximum Gasteiger partial charge on any atom is 0.259 e. The van der Waals surface area contributed by atoms with Gasteiger partial charge in [-0.1, -0.05) is 25.2 Å². The van der Waals surface area contributed by atoms with Gasteiger partial charge in [0.2, 0.25) is 4.21 Å². The Bertz CT molecular complexity index is 701. The van der Waals surface area contributed by atoms with Crippen molar-refractivity contribution >= 4 is 40.0 Å². The smallest absolute Gasteiger partial charge is 0.259 e. The fourth-order valence-electron chi connectivity index (χ4n) is 2.68. The second-order valence-electron chi connectivity index (χ2n) is 5.52. The topological polar surface area (TPSA) is 79.0 Å². The minimum absolute atomic E-state index is 0.0902. The van der Waals surface area contributed by atoms with Crippen molar-refractivity contribution in [3.8, 4) is 10.4 Å². The summed E-state index contributed by atoms with van der Waals surface area (Å²) in [5.41, 5.74) is 8.44. The molecule has 1 aliphatic rings. The van der Waals surface area contributed by atoms with Gasteiger partial charge in [-0.25, -0.2) is 4.37 Å². The summed E-state index contributed by atoms with van der Waals surface area (Å²) in [7, 11) is 0. The van der Waals surface area contributed by atoms with E-state index in [0.29, 0.717) is 4.88 Å². The molecular weight excluding hydrogens is 312 g/mol. The highest BCUT2D eigenvalue weighted by molar-refractivity contribution is 7.93. The summed E-state index contributed by atoms with van der Waals surface area (Å²) in [6.07, 6.45) is 4.24. The molecule has 106 valence electrons. The van der Waals surface area contributed by atoms with E-state index in [1.165, 1.54) is 22.9 Å². The van der Waals surface area contributed by atoms with Crippen molar-refractivity contribution in [3.63, 3.8) is 0 Å². The van der Waals surface area contributed by atoms with E-state index in [2.05, 4.69) is 18.2 Å². The molecule has 1 unspecified atom stereocenters. The molecule has 7 heteroatoms. The van der Waals surface area contributed by atoms with Crippen LogP contribution < -0.4 is 5.73 Å². The van der Waals surface area contributed by atoms with Crippen LogP contribution >= 0.6 is 22.9 Å². The normalized spacial score (nSPS) is 17.4. The molecule has 0 bridgehead atoms. The van der Waals surface area contributed by atoms with Gasteiger partial charge in [0, 0.05) is 6.20 Å². The molecule has 0 saturated carbocycles. The number of thiophene rings is 1. The molecule has 2 aromatic heterocycles. The van der Waals surface area contributed by atoms with Gasteiger partial charge in [-0.2, -0.15) is 0 Å². The maximum atomic E-state index is 12.0. The fourth-order valence-corrected chi connectivity index (χ4v) is 5.96. The molecular formula is C13H14N2O2S3. The van der Waals surface area contributed by atoms with E-state index < -0.39 is 17.1 Å². The molecule has 1 atom stereocenters. The lowest BCUT2D eigenvalue weighted by Crippen LogP contribution is -2.26. The van der Waals surface area contributed by atoms with E-state index in [4.69, 9.17) is 5.73 Å². The first-order chi connectivity index (χ1) is 9.33. The average molecular weight is 326 g/mol. The number of fused-ring (bicyclic) bond motifs is 3. The lowest BCUT2D eigenvalue weighted by Gasteiger charge is -2.29. The second-order valence-corrected chi connectivity index (χ2v) is 8.92. The molecule has 0 aliphatic heterocycles. The van der Waals surface area contributed by atoms with Crippen LogP contribution in [0.2, 0.25) is 0 Å². The van der Waals surface area contributed by atoms with E-state index >= 15 is 0 Å². The third-order valence-corrected chi connectivity index (χ3v) is 7.14. The Morgan fingerprint density at radius 1 is 1.55 bits per heavy atom. The van der Waals surface area contributed by atoms with E-state index in [9.17, 15) is 9.35 Å². The molecule has 1 amide bonds. The summed E-state index contributed by atoms with van der Waals surface area (Å²) in [5, 5.41) is 0. The predicted octanol–water partition coefficient (Wildman–Crippen LogP) is 2.54. The molecule has 4 nitrogen and oxygen atoms in total. The molecule has 2 N–H and O–H groups in total. The van der Waals surface area contributed by atoms with Crippen LogP contribution in [0.4, 0.5) is 0 Å². The highest BCUT2D eigenvalue weighted by atomic mass is 32.2. The number of carbonyl (C=O) groups excluding carboxylic acids is 1. The van der Waals surface area contributed by atoms with Crippen LogP contribution in [0, 0.1) is 0 Å². The number of primary amides is 1. The van der Waals surface area contributed by atoms with Crippen molar-refractivity contribution in [2.45, 2.75) is 29.9 Å². The Morgan fingerprint density at radius 2 is 2.25 bits per heavy atom. The van der Waals surface area contributed by atoms with Gasteiger partial charge < -0.3 is 10.3 Å². The van der Waals surface area contributed by atoms with Crippen LogP contribution in [0.15, 0.2) is 10.4 Å². The lowest BCUT2D eigenvalue weighted by atomic mass is 9.74. The molecule has 3 rings (SSSR count). The Morgan fingerprint density at radius 3 is 2.85 bits per heavy atom. The van der Waals surface area contributed by atoms with Crippen LogP contribution in [0.1, 0.15) is 34.6 Å². The molecule has 2 heterocycles. The molecule has 0 spiro atoms. The number of hydrogen-bond acceptors (Lipinski definition) is 5. The SMILES string of the molecule is C[S+]([O-])c1sc(C(N)=O)c2c1-c1sncc1C(C)(C)C2. The predicted molar refractivity (Wildman–Crippen MR) is 83.0 cm³/mol. The third kappa shape index (κ3) is 1.92. The van der Waals surface area contributed by atoms with Gasteiger partial charge in [-0.15, -0.1) is 0 Å². The van der Waals surface area contributed by atoms with Crippen molar-refractivity contribution in [1.29, 1.82) is 0 Å². The summed E-state index contributed by atoms with van der Waals surface area (Å²) in [5.74, 6) is -0.438. The van der Waals surface area contributed by atoms with Gasteiger partial charge in [0.05, 0.1) is 10.4 Å². The minimum Gasteiger partial charge on any atom is -0.611 e. The number of nitrogens with two attached hydrogens (primary N) is 1. The molecule has 2 aromatic rings. The molecule has 1 aliphatic carbocycles. The number of hydrogen-bond donors (Lipinski definition) is 1. The summed E-state index contributed by atoms with van der Waals surface area (Å²) >= 11 is 1.52. The van der Waals surface area contributed by atoms with Crippen molar-refractivity contribution in [2.24, 2.45) is 5.73 Å². The highest BCUT2D eigenvalue weighted by Crippen LogP contribution is 2.51. The molecule has 0 aromatic carbocycles. The Kier molecular flexibility index (Phi) is 3.20. The van der Waals surface area contributed by atoms with E-state index in [0.717, 1.165) is 32.2 Å². The number of amides is 1. The van der Waals surface area contributed by atoms with E-state index in [-0.39, 0.29) is 5.41 Å². The van der Waals surface area contributed by atoms with Crippen molar-refractivity contribution in [2.75, 3.05) is 6.26 Å². The zero-order valence-electron chi connectivity index (χ0n) is 11.4. The number of nitrogens with zero attached hydrogens (tertiary/aromatic N) is 1. The average Bonchev–Trinajstić information content (AvgIpc) is 2.90. The molecule has 20 heavy (non-hydrogen) atoms. The monoisotopic (exact) mass is 326 g/mol. The van der Waals surface area contributed by atoms with Gasteiger partial charge in [0.1, 0.15) is 11.1 Å². The first-order valence-corrected chi connectivity index (χ1v) is 9.22. The summed E-state index contributed by atoms with van der Waals surface area (Å²) < 4.78 is 17.0. The van der Waals surface area contributed by atoms with Crippen molar-refractivity contribution in [1.82, 2.24) is 4.37 Å². The fraction of sp³-hybridized carbons (Fsp3) is 0.385. The van der Waals surface area contributed by atoms with Crippen molar-refractivity contribution in [3.05, 3.63) is 22.2 Å². The number of aromatic nitrogens is 1. The van der Waals surface area contributed by atoms with Crippen LogP contribution in [0.25, 0.3) is 10.4 Å². The summed E-state index contributed by atoms with van der Waals surface area (Å²) in [6, 6.07) is 0. The first-order valence-electron chi connectivity index (χ1n) is 6.07. The van der Waals surface area contributed by atoms with Crippen LogP contribution in [-0.4, -0.2) is 21.1 Å². The van der Waals surface area contributed by atoms with Gasteiger partial charge in [0.15, 0.2) is 0 Å². The number of rotatable bonds is 2. The second kappa shape index (κ2) is 4.56. The largest absolute Gasteiger partial charge is 0.611 e. The summed E-state index contributed by atoms with van der Waals surface area (Å²) in [4.78, 5) is 13.3. The van der Waals surface area contributed by atoms with E-state index in [1.54, 1.807) is 6.26 Å². The standard InChI is InChI=1S/C13H14N2O2S3/c1-13(2)4-6-8(10-7(13)5-15-19-10)12(20(3)17)18-9(6)11(14)16/h5H,4H2,1-3H3,(H2,14,16). The number of carbonyl (C=O) groups is 1. The molecule has 0 saturated heterocycles. The zero-order chi connectivity index (χ0) is 14.7. The Hall–Kier alpha value is -0.890. The van der Waals surface area contributed by atoms with E-state index in [1.807, 2.05) is 6.20 Å². The Balaban J connectivity index is 2.35. The highest BCUT2D eigenvalue weighted by Gasteiger charge is 2.40.